The number of alkyl halides is 4. The van der Waals surface area contributed by atoms with Gasteiger partial charge in [-0.25, -0.2) is 0 Å². The summed E-state index contributed by atoms with van der Waals surface area (Å²) in [5.74, 6) is -3.21. The van der Waals surface area contributed by atoms with Crippen LogP contribution in [0.3, 0.4) is 0 Å². The molecule has 20 heavy (non-hydrogen) atoms. The van der Waals surface area contributed by atoms with Crippen LogP contribution < -0.4 is 10.6 Å². The number of benzene rings is 1. The Balaban J connectivity index is 2.97. The third-order valence-electron chi connectivity index (χ3n) is 1.97. The second kappa shape index (κ2) is 6.76. The molecule has 0 bridgehead atoms. The van der Waals surface area contributed by atoms with E-state index in [1.54, 1.807) is 10.6 Å². The van der Waals surface area contributed by atoms with Gasteiger partial charge in [0.15, 0.2) is 0 Å². The third-order valence-corrected chi connectivity index (χ3v) is 2.59. The first-order valence-electron chi connectivity index (χ1n) is 4.89. The fourth-order valence-corrected chi connectivity index (χ4v) is 1.53. The van der Waals surface area contributed by atoms with E-state index < -0.39 is 24.7 Å². The number of hydrogen-bond donors (Lipinski definition) is 2. The van der Waals surface area contributed by atoms with Crippen molar-refractivity contribution < 1.29 is 27.2 Å². The highest BCUT2D eigenvalue weighted by molar-refractivity contribution is 6.38. The SMILES string of the molecule is O=C(Nc1cc(Cl)c(NC(=O)C(F)F)cc1Cl)C(F)F. The molecule has 0 unspecified atom stereocenters. The summed E-state index contributed by atoms with van der Waals surface area (Å²) in [5.41, 5.74) is -0.478. The predicted molar refractivity (Wildman–Crippen MR) is 65.7 cm³/mol. The fraction of sp³-hybridized carbons (Fsp3) is 0.200. The maximum atomic E-state index is 12.1. The van der Waals surface area contributed by atoms with Gasteiger partial charge >= 0.3 is 12.9 Å². The molecule has 0 atom stereocenters. The average molecular weight is 333 g/mol. The molecule has 1 aromatic rings. The Morgan fingerprint density at radius 3 is 1.40 bits per heavy atom. The lowest BCUT2D eigenvalue weighted by Gasteiger charge is -2.11. The van der Waals surface area contributed by atoms with Gasteiger partial charge in [-0.05, 0) is 12.1 Å². The molecule has 2 N–H and O–H groups in total. The molecule has 0 aliphatic heterocycles. The normalized spacial score (nSPS) is 10.8. The summed E-state index contributed by atoms with van der Waals surface area (Å²) in [5, 5.41) is 3.06. The van der Waals surface area contributed by atoms with Crippen LogP contribution in [0.4, 0.5) is 28.9 Å². The lowest BCUT2D eigenvalue weighted by atomic mass is 10.2. The van der Waals surface area contributed by atoms with Gasteiger partial charge in [0.1, 0.15) is 0 Å². The first kappa shape index (κ1) is 16.5. The van der Waals surface area contributed by atoms with Gasteiger partial charge in [-0.2, -0.15) is 17.6 Å². The summed E-state index contributed by atoms with van der Waals surface area (Å²) >= 11 is 11.3. The maximum Gasteiger partial charge on any atom is 0.315 e. The van der Waals surface area contributed by atoms with E-state index in [1.807, 2.05) is 0 Å². The van der Waals surface area contributed by atoms with E-state index in [1.165, 1.54) is 0 Å². The molecule has 0 aliphatic carbocycles. The van der Waals surface area contributed by atoms with Gasteiger partial charge in [0.25, 0.3) is 11.8 Å². The lowest BCUT2D eigenvalue weighted by Crippen LogP contribution is -2.21. The Morgan fingerprint density at radius 1 is 0.850 bits per heavy atom. The van der Waals surface area contributed by atoms with Gasteiger partial charge in [-0.15, -0.1) is 0 Å². The van der Waals surface area contributed by atoms with Crippen molar-refractivity contribution in [1.29, 1.82) is 0 Å². The summed E-state index contributed by atoms with van der Waals surface area (Å²) in [6, 6.07) is 1.90. The molecule has 110 valence electrons. The monoisotopic (exact) mass is 332 g/mol. The van der Waals surface area contributed by atoms with Crippen molar-refractivity contribution in [3.8, 4) is 0 Å². The van der Waals surface area contributed by atoms with Gasteiger partial charge in [-0.1, -0.05) is 23.2 Å². The van der Waals surface area contributed by atoms with Crippen molar-refractivity contribution in [3.05, 3.63) is 22.2 Å². The van der Waals surface area contributed by atoms with Crippen LogP contribution in [0.2, 0.25) is 10.0 Å². The summed E-state index contributed by atoms with van der Waals surface area (Å²) in [6.07, 6.45) is -6.52. The van der Waals surface area contributed by atoms with Crippen LogP contribution >= 0.6 is 23.2 Å². The second-order valence-corrected chi connectivity index (χ2v) is 4.21. The van der Waals surface area contributed by atoms with E-state index in [0.717, 1.165) is 12.1 Å². The van der Waals surface area contributed by atoms with Crippen molar-refractivity contribution in [1.82, 2.24) is 0 Å². The van der Waals surface area contributed by atoms with Crippen molar-refractivity contribution >= 4 is 46.4 Å². The van der Waals surface area contributed by atoms with Gasteiger partial charge in [0.05, 0.1) is 21.4 Å². The average Bonchev–Trinajstić information content (AvgIpc) is 2.34. The van der Waals surface area contributed by atoms with Gasteiger partial charge in [0, 0.05) is 0 Å². The van der Waals surface area contributed by atoms with E-state index >= 15 is 0 Å². The summed E-state index contributed by atoms with van der Waals surface area (Å²) in [4.78, 5) is 21.6. The van der Waals surface area contributed by atoms with Crippen molar-refractivity contribution in [3.63, 3.8) is 0 Å². The smallest absolute Gasteiger partial charge is 0.315 e. The van der Waals surface area contributed by atoms with Crippen molar-refractivity contribution in [2.24, 2.45) is 0 Å². The van der Waals surface area contributed by atoms with Crippen LogP contribution in [0.1, 0.15) is 0 Å². The minimum absolute atomic E-state index is 0.239. The summed E-state index contributed by atoms with van der Waals surface area (Å²) < 4.78 is 48.2. The highest BCUT2D eigenvalue weighted by atomic mass is 35.5. The molecular formula is C10H6Cl2F4N2O2. The van der Waals surface area contributed by atoms with E-state index in [9.17, 15) is 27.2 Å². The second-order valence-electron chi connectivity index (χ2n) is 3.39. The first-order chi connectivity index (χ1) is 9.22. The Bertz CT molecular complexity index is 492. The summed E-state index contributed by atoms with van der Waals surface area (Å²) in [6.45, 7) is 0. The molecule has 4 nitrogen and oxygen atoms in total. The predicted octanol–water partition coefficient (Wildman–Crippen LogP) is 3.40. The first-order valence-corrected chi connectivity index (χ1v) is 5.65. The highest BCUT2D eigenvalue weighted by Crippen LogP contribution is 2.33. The molecule has 0 radical (unpaired) electrons. The molecule has 1 rings (SSSR count). The maximum absolute atomic E-state index is 12.1. The van der Waals surface area contributed by atoms with Crippen LogP contribution in [-0.4, -0.2) is 24.7 Å². The number of carbonyl (C=O) groups is 2. The molecule has 2 amide bonds. The largest absolute Gasteiger partial charge is 0.320 e. The van der Waals surface area contributed by atoms with E-state index in [4.69, 9.17) is 23.2 Å². The number of halogens is 6. The van der Waals surface area contributed by atoms with Crippen molar-refractivity contribution in [2.45, 2.75) is 12.9 Å². The molecular weight excluding hydrogens is 327 g/mol. The number of hydrogen-bond acceptors (Lipinski definition) is 2. The molecule has 0 saturated carbocycles. The zero-order chi connectivity index (χ0) is 15.4. The minimum atomic E-state index is -3.26. The standard InChI is InChI=1S/C10H6Cl2F4N2O2/c11-3-1-5(17-9(19)7(13)14)4(12)2-6(3)18-10(20)8(15)16/h1-2,7-8H,(H,17,19)(H,18,20). The molecule has 10 heteroatoms. The fourth-order valence-electron chi connectivity index (χ4n) is 1.11. The Hall–Kier alpha value is -1.54. The van der Waals surface area contributed by atoms with Crippen LogP contribution in [0.15, 0.2) is 12.1 Å². The van der Waals surface area contributed by atoms with Gasteiger partial charge in [0.2, 0.25) is 0 Å². The molecule has 0 saturated heterocycles. The quantitative estimate of drug-likeness (QED) is 0.830. The van der Waals surface area contributed by atoms with Crippen LogP contribution in [0, 0.1) is 0 Å². The molecule has 0 aliphatic rings. The zero-order valence-electron chi connectivity index (χ0n) is 9.39. The lowest BCUT2D eigenvalue weighted by molar-refractivity contribution is -0.126. The number of amides is 2. The minimum Gasteiger partial charge on any atom is -0.320 e. The molecule has 1 aromatic carbocycles. The Kier molecular flexibility index (Phi) is 5.58. The molecule has 0 spiro atoms. The summed E-state index contributed by atoms with van der Waals surface area (Å²) in [7, 11) is 0. The van der Waals surface area contributed by atoms with Crippen molar-refractivity contribution in [2.75, 3.05) is 10.6 Å². The zero-order valence-corrected chi connectivity index (χ0v) is 10.9. The molecule has 0 heterocycles. The van der Waals surface area contributed by atoms with Crippen LogP contribution in [-0.2, 0) is 9.59 Å². The molecule has 0 fully saturated rings. The molecule has 0 aromatic heterocycles. The number of rotatable bonds is 4. The van der Waals surface area contributed by atoms with E-state index in [0.29, 0.717) is 0 Å². The number of anilines is 2. The number of nitrogens with one attached hydrogen (secondary N) is 2. The topological polar surface area (TPSA) is 58.2 Å². The highest BCUT2D eigenvalue weighted by Gasteiger charge is 2.20. The van der Waals surface area contributed by atoms with Gasteiger partial charge < -0.3 is 10.6 Å². The van der Waals surface area contributed by atoms with Crippen LogP contribution in [0.5, 0.6) is 0 Å². The van der Waals surface area contributed by atoms with Gasteiger partial charge in [-0.3, -0.25) is 9.59 Å². The number of carbonyl (C=O) groups excluding carboxylic acids is 2. The third kappa shape index (κ3) is 4.24. The van der Waals surface area contributed by atoms with E-state index in [-0.39, 0.29) is 21.4 Å². The Morgan fingerprint density at radius 2 is 1.15 bits per heavy atom. The van der Waals surface area contributed by atoms with E-state index in [2.05, 4.69) is 0 Å². The van der Waals surface area contributed by atoms with Crippen LogP contribution in [0.25, 0.3) is 0 Å². The Labute approximate surface area is 120 Å².